The molecule has 1 fully saturated rings. The summed E-state index contributed by atoms with van der Waals surface area (Å²) in [6, 6.07) is 12.7. The maximum Gasteiger partial charge on any atom is 0.267 e. The lowest BCUT2D eigenvalue weighted by Crippen LogP contribution is -2.40. The number of pyridine rings is 1. The number of nitrogens with one attached hydrogen (secondary N) is 1. The van der Waals surface area contributed by atoms with Crippen LogP contribution in [0.4, 0.5) is 5.69 Å². The van der Waals surface area contributed by atoms with Gasteiger partial charge < -0.3 is 10.2 Å². The zero-order valence-corrected chi connectivity index (χ0v) is 22.2. The fourth-order valence-electron chi connectivity index (χ4n) is 5.83. The van der Waals surface area contributed by atoms with Gasteiger partial charge >= 0.3 is 0 Å². The van der Waals surface area contributed by atoms with Gasteiger partial charge in [-0.1, -0.05) is 0 Å². The Balaban J connectivity index is 1.48. The van der Waals surface area contributed by atoms with Crippen LogP contribution >= 0.6 is 11.3 Å². The molecule has 0 bridgehead atoms. The molecule has 0 spiro atoms. The highest BCUT2D eigenvalue weighted by molar-refractivity contribution is 7.19. The molecule has 2 aliphatic heterocycles. The second-order valence-corrected chi connectivity index (χ2v) is 12.0. The fourth-order valence-corrected chi connectivity index (χ4v) is 6.95. The molecule has 1 aromatic carbocycles. The van der Waals surface area contributed by atoms with E-state index in [1.165, 1.54) is 15.9 Å². The van der Waals surface area contributed by atoms with Crippen molar-refractivity contribution < 1.29 is 0 Å². The first kappa shape index (κ1) is 23.8. The first-order chi connectivity index (χ1) is 17.8. The summed E-state index contributed by atoms with van der Waals surface area (Å²) in [5, 5.41) is 17.9. The molecule has 0 saturated carbocycles. The predicted molar refractivity (Wildman–Crippen MR) is 148 cm³/mol. The Bertz CT molecular complexity index is 1610. The summed E-state index contributed by atoms with van der Waals surface area (Å²) in [6.45, 7) is 8.79. The molecule has 0 radical (unpaired) electrons. The van der Waals surface area contributed by atoms with Crippen LogP contribution in [0.25, 0.3) is 21.3 Å². The molecule has 188 valence electrons. The van der Waals surface area contributed by atoms with Gasteiger partial charge in [0, 0.05) is 58.6 Å². The zero-order valence-electron chi connectivity index (χ0n) is 21.4. The molecule has 2 aliphatic rings. The Labute approximate surface area is 220 Å². The van der Waals surface area contributed by atoms with Gasteiger partial charge in [0.15, 0.2) is 0 Å². The molecule has 3 aromatic heterocycles. The lowest BCUT2D eigenvalue weighted by Gasteiger charge is -2.38. The number of nitrogens with zero attached hydrogens (tertiary/aromatic N) is 5. The van der Waals surface area contributed by atoms with Crippen molar-refractivity contribution in [1.29, 1.82) is 5.26 Å². The summed E-state index contributed by atoms with van der Waals surface area (Å²) in [6.07, 6.45) is 6.71. The molecule has 5 heterocycles. The molecule has 6 rings (SSSR count). The maximum absolute atomic E-state index is 12.4. The number of nitriles is 1. The molecule has 1 N–H and O–H groups in total. The number of rotatable bonds is 4. The van der Waals surface area contributed by atoms with E-state index < -0.39 is 0 Å². The number of aromatic nitrogens is 3. The van der Waals surface area contributed by atoms with Crippen LogP contribution < -0.4 is 15.8 Å². The van der Waals surface area contributed by atoms with Crippen LogP contribution in [0.2, 0.25) is 0 Å². The Morgan fingerprint density at radius 3 is 2.86 bits per heavy atom. The highest BCUT2D eigenvalue weighted by atomic mass is 32.1. The van der Waals surface area contributed by atoms with E-state index in [4.69, 9.17) is 0 Å². The summed E-state index contributed by atoms with van der Waals surface area (Å²) < 4.78 is 2.57. The molecule has 0 amide bonds. The minimum absolute atomic E-state index is 0.106. The molecule has 0 aliphatic carbocycles. The van der Waals surface area contributed by atoms with E-state index in [1.54, 1.807) is 23.6 Å². The van der Waals surface area contributed by atoms with Crippen molar-refractivity contribution in [1.82, 2.24) is 20.1 Å². The Morgan fingerprint density at radius 2 is 2.11 bits per heavy atom. The summed E-state index contributed by atoms with van der Waals surface area (Å²) in [5.74, 6) is 0. The second-order valence-electron chi connectivity index (χ2n) is 10.9. The third-order valence-corrected chi connectivity index (χ3v) is 8.66. The Morgan fingerprint density at radius 1 is 1.24 bits per heavy atom. The Kier molecular flexibility index (Phi) is 5.85. The van der Waals surface area contributed by atoms with Gasteiger partial charge in [-0.05, 0) is 75.4 Å². The molecule has 7 nitrogen and oxygen atoms in total. The van der Waals surface area contributed by atoms with E-state index in [1.807, 2.05) is 19.2 Å². The van der Waals surface area contributed by atoms with Crippen LogP contribution in [0, 0.1) is 18.3 Å². The van der Waals surface area contributed by atoms with Gasteiger partial charge in [0.2, 0.25) is 0 Å². The van der Waals surface area contributed by atoms with Crippen LogP contribution in [-0.4, -0.2) is 39.4 Å². The lowest BCUT2D eigenvalue weighted by molar-refractivity contribution is 0.450. The normalized spacial score (nSPS) is 18.6. The smallest absolute Gasteiger partial charge is 0.267 e. The van der Waals surface area contributed by atoms with Crippen LogP contribution in [0.5, 0.6) is 0 Å². The first-order valence-corrected chi connectivity index (χ1v) is 13.6. The average molecular weight is 511 g/mol. The number of fused-ring (bicyclic) bond motifs is 2. The van der Waals surface area contributed by atoms with Crippen LogP contribution in [-0.2, 0) is 13.0 Å². The third kappa shape index (κ3) is 4.43. The van der Waals surface area contributed by atoms with E-state index in [9.17, 15) is 10.1 Å². The van der Waals surface area contributed by atoms with Crippen molar-refractivity contribution >= 4 is 27.2 Å². The standard InChI is InChI=1S/C29H30N6OS/c1-18-9-26(36)35(33-15-18)17-22-12-25-28(37-22)23(6-7-31-25)24-11-19(14-30)10-20-5-4-8-34(27(20)24)21-13-29(2,3)32-16-21/h6-7,9-12,15,21,32H,4-5,8,13,16-17H2,1-3H3/t21-/m0/s1. The highest BCUT2D eigenvalue weighted by Gasteiger charge is 2.36. The van der Waals surface area contributed by atoms with Gasteiger partial charge in [0.05, 0.1) is 34.6 Å². The van der Waals surface area contributed by atoms with Gasteiger partial charge in [0.1, 0.15) is 0 Å². The monoisotopic (exact) mass is 510 g/mol. The summed E-state index contributed by atoms with van der Waals surface area (Å²) in [4.78, 5) is 20.7. The average Bonchev–Trinajstić information content (AvgIpc) is 3.46. The van der Waals surface area contributed by atoms with Crippen LogP contribution in [0.1, 0.15) is 48.3 Å². The second kappa shape index (κ2) is 9.09. The van der Waals surface area contributed by atoms with Crippen molar-refractivity contribution in [2.75, 3.05) is 18.0 Å². The maximum atomic E-state index is 12.4. The number of anilines is 1. The van der Waals surface area contributed by atoms with E-state index >= 15 is 0 Å². The van der Waals surface area contributed by atoms with E-state index in [0.717, 1.165) is 64.1 Å². The number of hydrogen-bond donors (Lipinski definition) is 1. The summed E-state index contributed by atoms with van der Waals surface area (Å²) >= 11 is 1.65. The molecule has 4 aromatic rings. The summed E-state index contributed by atoms with van der Waals surface area (Å²) in [7, 11) is 0. The van der Waals surface area contributed by atoms with Crippen molar-refractivity contribution in [2.24, 2.45) is 0 Å². The van der Waals surface area contributed by atoms with Crippen LogP contribution in [0.3, 0.4) is 0 Å². The van der Waals surface area contributed by atoms with Gasteiger partial charge in [0.25, 0.3) is 5.56 Å². The first-order valence-electron chi connectivity index (χ1n) is 12.8. The number of benzene rings is 1. The number of hydrogen-bond acceptors (Lipinski definition) is 7. The van der Waals surface area contributed by atoms with Crippen molar-refractivity contribution in [3.05, 3.63) is 74.6 Å². The van der Waals surface area contributed by atoms with Gasteiger partial charge in [-0.15, -0.1) is 11.3 Å². The number of aryl methyl sites for hydroxylation is 2. The van der Waals surface area contributed by atoms with Gasteiger partial charge in [-0.25, -0.2) is 4.68 Å². The molecule has 8 heteroatoms. The van der Waals surface area contributed by atoms with Crippen molar-refractivity contribution in [3.63, 3.8) is 0 Å². The molecule has 1 saturated heterocycles. The van der Waals surface area contributed by atoms with Gasteiger partial charge in [-0.2, -0.15) is 10.4 Å². The molecule has 37 heavy (non-hydrogen) atoms. The topological polar surface area (TPSA) is 86.8 Å². The molecular weight excluding hydrogens is 480 g/mol. The van der Waals surface area contributed by atoms with Crippen molar-refractivity contribution in [3.8, 4) is 17.2 Å². The third-order valence-electron chi connectivity index (χ3n) is 7.52. The predicted octanol–water partition coefficient (Wildman–Crippen LogP) is 4.64. The zero-order chi connectivity index (χ0) is 25.7. The molecule has 1 atom stereocenters. The van der Waals surface area contributed by atoms with E-state index in [0.29, 0.717) is 18.2 Å². The lowest BCUT2D eigenvalue weighted by atomic mass is 9.90. The number of thiophene rings is 1. The highest BCUT2D eigenvalue weighted by Crippen LogP contribution is 2.44. The Hall–Kier alpha value is -3.54. The van der Waals surface area contributed by atoms with E-state index in [2.05, 4.69) is 58.4 Å². The fraction of sp³-hybridized carbons (Fsp3) is 0.379. The summed E-state index contributed by atoms with van der Waals surface area (Å²) in [5.41, 5.74) is 7.16. The minimum atomic E-state index is -0.106. The SMILES string of the molecule is Cc1cnn(Cc2cc3nccc(-c4cc(C#N)cc5c4N([C@@H]4CNC(C)(C)C4)CCC5)c3s2)c(=O)c1. The quantitative estimate of drug-likeness (QED) is 0.430. The van der Waals surface area contributed by atoms with Gasteiger partial charge in [-0.3, -0.25) is 9.78 Å². The van der Waals surface area contributed by atoms with E-state index in [-0.39, 0.29) is 11.1 Å². The molecule has 0 unspecified atom stereocenters. The largest absolute Gasteiger partial charge is 0.366 e. The van der Waals surface area contributed by atoms with Crippen LogP contribution in [0.15, 0.2) is 47.5 Å². The van der Waals surface area contributed by atoms with Crippen molar-refractivity contribution in [2.45, 2.75) is 58.2 Å². The minimum Gasteiger partial charge on any atom is -0.366 e. The molecular formula is C29H30N6OS.